The SMILES string of the molecule is C[C@@H](CO)NS(=O)(=O)c1ccc(F)c(F)c1. The maximum absolute atomic E-state index is 12.8. The van der Waals surface area contributed by atoms with Gasteiger partial charge in [0.25, 0.3) is 0 Å². The van der Waals surface area contributed by atoms with E-state index in [1.807, 2.05) is 0 Å². The van der Waals surface area contributed by atoms with Crippen molar-refractivity contribution in [1.82, 2.24) is 4.72 Å². The highest BCUT2D eigenvalue weighted by atomic mass is 32.2. The molecule has 0 aromatic heterocycles. The van der Waals surface area contributed by atoms with Crippen LogP contribution in [0.4, 0.5) is 8.78 Å². The Hall–Kier alpha value is -1.05. The second-order valence-electron chi connectivity index (χ2n) is 3.28. The molecule has 0 heterocycles. The lowest BCUT2D eigenvalue weighted by molar-refractivity contribution is 0.265. The minimum atomic E-state index is -3.93. The van der Waals surface area contributed by atoms with Crippen LogP contribution in [0.5, 0.6) is 0 Å². The Bertz CT molecular complexity index is 476. The number of benzene rings is 1. The van der Waals surface area contributed by atoms with E-state index in [1.54, 1.807) is 0 Å². The van der Waals surface area contributed by atoms with Gasteiger partial charge in [0.05, 0.1) is 11.5 Å². The smallest absolute Gasteiger partial charge is 0.240 e. The van der Waals surface area contributed by atoms with Gasteiger partial charge in [-0.25, -0.2) is 21.9 Å². The number of hydrogen-bond acceptors (Lipinski definition) is 3. The standard InChI is InChI=1S/C9H11F2NO3S/c1-6(5-13)12-16(14,15)7-2-3-8(10)9(11)4-7/h2-4,6,12-13H,5H2,1H3/t6-/m0/s1. The summed E-state index contributed by atoms with van der Waals surface area (Å²) >= 11 is 0. The lowest BCUT2D eigenvalue weighted by Gasteiger charge is -2.11. The lowest BCUT2D eigenvalue weighted by Crippen LogP contribution is -2.35. The average Bonchev–Trinajstić information content (AvgIpc) is 2.21. The normalized spacial score (nSPS) is 13.8. The van der Waals surface area contributed by atoms with Crippen molar-refractivity contribution in [3.05, 3.63) is 29.8 Å². The Morgan fingerprint density at radius 3 is 2.50 bits per heavy atom. The maximum Gasteiger partial charge on any atom is 0.240 e. The van der Waals surface area contributed by atoms with Crippen LogP contribution in [0.3, 0.4) is 0 Å². The van der Waals surface area contributed by atoms with Crippen molar-refractivity contribution in [2.24, 2.45) is 0 Å². The second-order valence-corrected chi connectivity index (χ2v) is 4.99. The molecule has 0 unspecified atom stereocenters. The van der Waals surface area contributed by atoms with Gasteiger partial charge < -0.3 is 5.11 Å². The minimum Gasteiger partial charge on any atom is -0.395 e. The van der Waals surface area contributed by atoms with Gasteiger partial charge in [0.15, 0.2) is 11.6 Å². The van der Waals surface area contributed by atoms with Gasteiger partial charge in [-0.15, -0.1) is 0 Å². The molecule has 7 heteroatoms. The van der Waals surface area contributed by atoms with Crippen molar-refractivity contribution in [1.29, 1.82) is 0 Å². The van der Waals surface area contributed by atoms with E-state index in [9.17, 15) is 17.2 Å². The van der Waals surface area contributed by atoms with E-state index in [0.29, 0.717) is 6.07 Å². The number of aliphatic hydroxyl groups is 1. The summed E-state index contributed by atoms with van der Waals surface area (Å²) in [5, 5.41) is 8.68. The molecule has 1 atom stereocenters. The summed E-state index contributed by atoms with van der Waals surface area (Å²) in [7, 11) is -3.93. The largest absolute Gasteiger partial charge is 0.395 e. The Balaban J connectivity index is 3.03. The van der Waals surface area contributed by atoms with Crippen LogP contribution >= 0.6 is 0 Å². The molecule has 0 aliphatic rings. The maximum atomic E-state index is 12.8. The average molecular weight is 251 g/mol. The lowest BCUT2D eigenvalue weighted by atomic mass is 10.3. The number of halogens is 2. The third-order valence-electron chi connectivity index (χ3n) is 1.83. The number of hydrogen-bond donors (Lipinski definition) is 2. The van der Waals surface area contributed by atoms with Crippen molar-refractivity contribution >= 4 is 10.0 Å². The molecule has 90 valence electrons. The van der Waals surface area contributed by atoms with Gasteiger partial charge in [0, 0.05) is 6.04 Å². The summed E-state index contributed by atoms with van der Waals surface area (Å²) in [6.45, 7) is 1.06. The van der Waals surface area contributed by atoms with Gasteiger partial charge in [-0.05, 0) is 25.1 Å². The van der Waals surface area contributed by atoms with Gasteiger partial charge in [0.2, 0.25) is 10.0 Å². The predicted octanol–water partition coefficient (Wildman–Crippen LogP) is 0.624. The third-order valence-corrected chi connectivity index (χ3v) is 3.42. The van der Waals surface area contributed by atoms with Gasteiger partial charge in [-0.2, -0.15) is 0 Å². The Morgan fingerprint density at radius 1 is 1.38 bits per heavy atom. The van der Waals surface area contributed by atoms with Crippen LogP contribution in [0.2, 0.25) is 0 Å². The Morgan fingerprint density at radius 2 is 2.00 bits per heavy atom. The molecule has 2 N–H and O–H groups in total. The molecule has 0 aliphatic carbocycles. The molecular formula is C9H11F2NO3S. The topological polar surface area (TPSA) is 66.4 Å². The Labute approximate surface area is 92.0 Å². The van der Waals surface area contributed by atoms with Gasteiger partial charge in [0.1, 0.15) is 0 Å². The summed E-state index contributed by atoms with van der Waals surface area (Å²) in [5.74, 6) is -2.35. The highest BCUT2D eigenvalue weighted by Gasteiger charge is 2.18. The Kier molecular flexibility index (Phi) is 3.95. The molecule has 0 radical (unpaired) electrons. The summed E-state index contributed by atoms with van der Waals surface area (Å²) in [6.07, 6.45) is 0. The molecule has 0 spiro atoms. The molecule has 16 heavy (non-hydrogen) atoms. The first-order valence-electron chi connectivity index (χ1n) is 4.45. The summed E-state index contributed by atoms with van der Waals surface area (Å²) in [6, 6.07) is 1.57. The van der Waals surface area contributed by atoms with Gasteiger partial charge >= 0.3 is 0 Å². The van der Waals surface area contributed by atoms with Crippen LogP contribution in [0.1, 0.15) is 6.92 Å². The van der Waals surface area contributed by atoms with Crippen LogP contribution in [0.15, 0.2) is 23.1 Å². The van der Waals surface area contributed by atoms with Crippen molar-refractivity contribution < 1.29 is 22.3 Å². The van der Waals surface area contributed by atoms with Gasteiger partial charge in [-0.3, -0.25) is 0 Å². The van der Waals surface area contributed by atoms with Crippen molar-refractivity contribution in [3.63, 3.8) is 0 Å². The zero-order valence-electron chi connectivity index (χ0n) is 8.44. The van der Waals surface area contributed by atoms with E-state index in [0.717, 1.165) is 12.1 Å². The quantitative estimate of drug-likeness (QED) is 0.824. The van der Waals surface area contributed by atoms with E-state index in [-0.39, 0.29) is 11.5 Å². The molecule has 1 rings (SSSR count). The van der Waals surface area contributed by atoms with Crippen molar-refractivity contribution in [2.75, 3.05) is 6.61 Å². The van der Waals surface area contributed by atoms with Crippen LogP contribution in [-0.4, -0.2) is 26.2 Å². The minimum absolute atomic E-state index is 0.383. The number of aliphatic hydroxyl groups excluding tert-OH is 1. The molecule has 1 aromatic rings. The van der Waals surface area contributed by atoms with E-state index in [4.69, 9.17) is 5.11 Å². The fourth-order valence-electron chi connectivity index (χ4n) is 1.01. The highest BCUT2D eigenvalue weighted by Crippen LogP contribution is 2.13. The predicted molar refractivity (Wildman–Crippen MR) is 53.2 cm³/mol. The van der Waals surface area contributed by atoms with E-state index < -0.39 is 27.7 Å². The molecule has 0 amide bonds. The molecule has 0 aliphatic heterocycles. The molecule has 0 saturated heterocycles. The first-order valence-corrected chi connectivity index (χ1v) is 5.93. The van der Waals surface area contributed by atoms with E-state index >= 15 is 0 Å². The van der Waals surface area contributed by atoms with Crippen LogP contribution < -0.4 is 4.72 Å². The molecule has 4 nitrogen and oxygen atoms in total. The van der Waals surface area contributed by atoms with Crippen molar-refractivity contribution in [3.8, 4) is 0 Å². The fourth-order valence-corrected chi connectivity index (χ4v) is 2.26. The van der Waals surface area contributed by atoms with Crippen LogP contribution in [-0.2, 0) is 10.0 Å². The van der Waals surface area contributed by atoms with Gasteiger partial charge in [-0.1, -0.05) is 0 Å². The first kappa shape index (κ1) is 13.0. The first-order chi connectivity index (χ1) is 7.36. The summed E-state index contributed by atoms with van der Waals surface area (Å²) in [5.41, 5.74) is 0. The monoisotopic (exact) mass is 251 g/mol. The van der Waals surface area contributed by atoms with Crippen LogP contribution in [0, 0.1) is 11.6 Å². The van der Waals surface area contributed by atoms with E-state index in [1.165, 1.54) is 6.92 Å². The molecule has 0 bridgehead atoms. The molecule has 0 saturated carbocycles. The van der Waals surface area contributed by atoms with Crippen LogP contribution in [0.25, 0.3) is 0 Å². The number of nitrogens with one attached hydrogen (secondary N) is 1. The highest BCUT2D eigenvalue weighted by molar-refractivity contribution is 7.89. The molecular weight excluding hydrogens is 240 g/mol. The summed E-state index contributed by atoms with van der Waals surface area (Å²) in [4.78, 5) is -0.383. The molecule has 0 fully saturated rings. The zero-order chi connectivity index (χ0) is 12.3. The number of rotatable bonds is 4. The fraction of sp³-hybridized carbons (Fsp3) is 0.333. The van der Waals surface area contributed by atoms with Crippen molar-refractivity contribution in [2.45, 2.75) is 17.9 Å². The second kappa shape index (κ2) is 4.86. The zero-order valence-corrected chi connectivity index (χ0v) is 9.26. The summed E-state index contributed by atoms with van der Waals surface area (Å²) < 4.78 is 50.6. The number of sulfonamides is 1. The molecule has 1 aromatic carbocycles. The van der Waals surface area contributed by atoms with E-state index in [2.05, 4.69) is 4.72 Å². The third kappa shape index (κ3) is 2.97.